The van der Waals surface area contributed by atoms with Crippen molar-refractivity contribution >= 4 is 0 Å². The van der Waals surface area contributed by atoms with Crippen molar-refractivity contribution < 1.29 is 14.3 Å². The van der Waals surface area contributed by atoms with Gasteiger partial charge in [-0.25, -0.2) is 5.90 Å². The van der Waals surface area contributed by atoms with E-state index in [2.05, 4.69) is 0 Å². The van der Waals surface area contributed by atoms with Crippen molar-refractivity contribution in [3.8, 4) is 11.5 Å². The second-order valence-corrected chi connectivity index (χ2v) is 3.15. The molecule has 0 aromatic heterocycles. The molecule has 0 saturated carbocycles. The Labute approximate surface area is 82.5 Å². The molecule has 4 nitrogen and oxygen atoms in total. The van der Waals surface area contributed by atoms with E-state index in [0.717, 1.165) is 17.1 Å². The number of rotatable bonds is 2. The molecule has 1 atom stereocenters. The lowest BCUT2D eigenvalue weighted by atomic mass is 10.1. The van der Waals surface area contributed by atoms with Crippen LogP contribution in [0, 0.1) is 0 Å². The van der Waals surface area contributed by atoms with E-state index in [4.69, 9.17) is 20.2 Å². The third-order valence-corrected chi connectivity index (χ3v) is 2.24. The number of benzene rings is 1. The van der Waals surface area contributed by atoms with Crippen LogP contribution in [0.3, 0.4) is 0 Å². The van der Waals surface area contributed by atoms with Gasteiger partial charge in [-0.1, -0.05) is 12.1 Å². The Hall–Kier alpha value is -1.26. The van der Waals surface area contributed by atoms with Crippen LogP contribution in [0.2, 0.25) is 0 Å². The zero-order valence-electron chi connectivity index (χ0n) is 8.03. The number of para-hydroxylation sites is 1. The lowest BCUT2D eigenvalue weighted by Gasteiger charge is -2.22. The monoisotopic (exact) mass is 195 g/mol. The summed E-state index contributed by atoms with van der Waals surface area (Å²) in [5.74, 6) is 6.65. The van der Waals surface area contributed by atoms with Crippen LogP contribution in [-0.4, -0.2) is 13.2 Å². The standard InChI is InChI=1S/C10H13NO3/c1-7(14-11)8-3-2-4-9-10(8)13-6-5-12-9/h2-4,7H,5-6,11H2,1H3. The Bertz CT molecular complexity index is 327. The first-order valence-corrected chi connectivity index (χ1v) is 4.57. The fourth-order valence-corrected chi connectivity index (χ4v) is 1.49. The van der Waals surface area contributed by atoms with Gasteiger partial charge in [0.15, 0.2) is 11.5 Å². The maximum Gasteiger partial charge on any atom is 0.167 e. The van der Waals surface area contributed by atoms with Crippen LogP contribution in [0.4, 0.5) is 0 Å². The van der Waals surface area contributed by atoms with Crippen LogP contribution in [0.15, 0.2) is 18.2 Å². The van der Waals surface area contributed by atoms with Gasteiger partial charge in [-0.2, -0.15) is 0 Å². The molecule has 0 aliphatic carbocycles. The Morgan fingerprint density at radius 1 is 1.36 bits per heavy atom. The molecule has 1 aromatic carbocycles. The molecule has 4 heteroatoms. The molecule has 1 unspecified atom stereocenters. The van der Waals surface area contributed by atoms with E-state index in [1.54, 1.807) is 0 Å². The Morgan fingerprint density at radius 2 is 2.14 bits per heavy atom. The largest absolute Gasteiger partial charge is 0.486 e. The van der Waals surface area contributed by atoms with Gasteiger partial charge >= 0.3 is 0 Å². The van der Waals surface area contributed by atoms with Gasteiger partial charge in [0.2, 0.25) is 0 Å². The highest BCUT2D eigenvalue weighted by Crippen LogP contribution is 2.37. The van der Waals surface area contributed by atoms with Gasteiger partial charge in [-0.3, -0.25) is 4.84 Å². The van der Waals surface area contributed by atoms with Crippen LogP contribution in [0.1, 0.15) is 18.6 Å². The number of hydrogen-bond acceptors (Lipinski definition) is 4. The highest BCUT2D eigenvalue weighted by molar-refractivity contribution is 5.48. The summed E-state index contributed by atoms with van der Waals surface area (Å²) >= 11 is 0. The van der Waals surface area contributed by atoms with Crippen molar-refractivity contribution in [2.75, 3.05) is 13.2 Å². The van der Waals surface area contributed by atoms with Gasteiger partial charge < -0.3 is 9.47 Å². The fraction of sp³-hybridized carbons (Fsp3) is 0.400. The summed E-state index contributed by atoms with van der Waals surface area (Å²) in [5, 5.41) is 0. The van der Waals surface area contributed by atoms with E-state index in [-0.39, 0.29) is 6.10 Å². The molecule has 0 amide bonds. The van der Waals surface area contributed by atoms with E-state index in [1.807, 2.05) is 25.1 Å². The summed E-state index contributed by atoms with van der Waals surface area (Å²) in [6.45, 7) is 3.03. The van der Waals surface area contributed by atoms with Gasteiger partial charge in [-0.15, -0.1) is 0 Å². The predicted molar refractivity (Wildman–Crippen MR) is 51.1 cm³/mol. The third kappa shape index (κ3) is 1.54. The van der Waals surface area contributed by atoms with E-state index in [1.165, 1.54) is 0 Å². The zero-order chi connectivity index (χ0) is 9.97. The molecule has 0 saturated heterocycles. The topological polar surface area (TPSA) is 53.7 Å². The van der Waals surface area contributed by atoms with E-state index in [9.17, 15) is 0 Å². The highest BCUT2D eigenvalue weighted by atomic mass is 16.6. The lowest BCUT2D eigenvalue weighted by Crippen LogP contribution is -2.18. The molecular formula is C10H13NO3. The maximum absolute atomic E-state index is 5.52. The second-order valence-electron chi connectivity index (χ2n) is 3.15. The van der Waals surface area contributed by atoms with Gasteiger partial charge in [-0.05, 0) is 13.0 Å². The van der Waals surface area contributed by atoms with Crippen LogP contribution < -0.4 is 15.4 Å². The molecule has 1 aromatic rings. The molecule has 2 N–H and O–H groups in total. The third-order valence-electron chi connectivity index (χ3n) is 2.24. The molecule has 1 aliphatic rings. The van der Waals surface area contributed by atoms with Gasteiger partial charge in [0.1, 0.15) is 19.3 Å². The van der Waals surface area contributed by atoms with Crippen molar-refractivity contribution in [1.82, 2.24) is 0 Å². The maximum atomic E-state index is 5.52. The van der Waals surface area contributed by atoms with Gasteiger partial charge in [0, 0.05) is 5.56 Å². The molecule has 1 aliphatic heterocycles. The first kappa shape index (κ1) is 9.30. The smallest absolute Gasteiger partial charge is 0.167 e. The molecule has 0 spiro atoms. The first-order chi connectivity index (χ1) is 6.83. The minimum absolute atomic E-state index is 0.188. The molecule has 2 rings (SSSR count). The van der Waals surface area contributed by atoms with Crippen molar-refractivity contribution in [2.24, 2.45) is 5.90 Å². The van der Waals surface area contributed by atoms with E-state index < -0.39 is 0 Å². The number of nitrogens with two attached hydrogens (primary N) is 1. The second kappa shape index (κ2) is 3.86. The minimum Gasteiger partial charge on any atom is -0.486 e. The molecule has 14 heavy (non-hydrogen) atoms. The molecule has 76 valence electrons. The van der Waals surface area contributed by atoms with Crippen molar-refractivity contribution in [1.29, 1.82) is 0 Å². The molecule has 0 bridgehead atoms. The average Bonchev–Trinajstić information content (AvgIpc) is 2.27. The summed E-state index contributed by atoms with van der Waals surface area (Å²) in [6.07, 6.45) is -0.188. The minimum atomic E-state index is -0.188. The van der Waals surface area contributed by atoms with Crippen LogP contribution in [0.25, 0.3) is 0 Å². The SMILES string of the molecule is CC(ON)c1cccc2c1OCCO2. The van der Waals surface area contributed by atoms with Crippen LogP contribution in [0.5, 0.6) is 11.5 Å². The Balaban J connectivity index is 2.39. The van der Waals surface area contributed by atoms with Gasteiger partial charge in [0.25, 0.3) is 0 Å². The zero-order valence-corrected chi connectivity index (χ0v) is 8.03. The van der Waals surface area contributed by atoms with Crippen molar-refractivity contribution in [3.63, 3.8) is 0 Å². The summed E-state index contributed by atoms with van der Waals surface area (Å²) in [7, 11) is 0. The quantitative estimate of drug-likeness (QED) is 0.725. The number of fused-ring (bicyclic) bond motifs is 1. The molecule has 1 heterocycles. The average molecular weight is 195 g/mol. The summed E-state index contributed by atoms with van der Waals surface area (Å²) in [6, 6.07) is 5.70. The van der Waals surface area contributed by atoms with Gasteiger partial charge in [0.05, 0.1) is 0 Å². The normalized spacial score (nSPS) is 16.4. The van der Waals surface area contributed by atoms with Crippen molar-refractivity contribution in [2.45, 2.75) is 13.0 Å². The molecular weight excluding hydrogens is 182 g/mol. The van der Waals surface area contributed by atoms with Crippen molar-refractivity contribution in [3.05, 3.63) is 23.8 Å². The predicted octanol–water partition coefficient (Wildman–Crippen LogP) is 1.41. The number of hydrogen-bond donors (Lipinski definition) is 1. The summed E-state index contributed by atoms with van der Waals surface area (Å²) < 4.78 is 11.0. The fourth-order valence-electron chi connectivity index (χ4n) is 1.49. The highest BCUT2D eigenvalue weighted by Gasteiger charge is 2.19. The molecule has 0 radical (unpaired) electrons. The lowest BCUT2D eigenvalue weighted by molar-refractivity contribution is 0.0615. The Morgan fingerprint density at radius 3 is 2.93 bits per heavy atom. The summed E-state index contributed by atoms with van der Waals surface area (Å²) in [5.41, 5.74) is 0.921. The van der Waals surface area contributed by atoms with Crippen LogP contribution in [-0.2, 0) is 4.84 Å². The summed E-state index contributed by atoms with van der Waals surface area (Å²) in [4.78, 5) is 4.77. The molecule has 0 fully saturated rings. The Kier molecular flexibility index (Phi) is 2.56. The first-order valence-electron chi connectivity index (χ1n) is 4.57. The van der Waals surface area contributed by atoms with E-state index >= 15 is 0 Å². The number of ether oxygens (including phenoxy) is 2. The van der Waals surface area contributed by atoms with Crippen LogP contribution >= 0.6 is 0 Å². The van der Waals surface area contributed by atoms with E-state index in [0.29, 0.717) is 13.2 Å².